The third-order valence-corrected chi connectivity index (χ3v) is 6.51. The van der Waals surface area contributed by atoms with Gasteiger partial charge in [-0.1, -0.05) is 12.1 Å². The molecule has 1 aliphatic rings. The zero-order chi connectivity index (χ0) is 21.2. The standard InChI is InChI=1S/C21H24N2O5S/c1-14-12-23(13-15(2)28-14)29(26,27)20-9-7-17(8-10-20)21(25)22-19-6-4-5-18(11-19)16(3)24/h4-11,14-15H,12-13H2,1-3H3,(H,22,25)/t14-,15+. The van der Waals surface area contributed by atoms with Crippen LogP contribution in [0.25, 0.3) is 0 Å². The van der Waals surface area contributed by atoms with E-state index >= 15 is 0 Å². The zero-order valence-electron chi connectivity index (χ0n) is 16.6. The number of nitrogens with one attached hydrogen (secondary N) is 1. The van der Waals surface area contributed by atoms with Crippen molar-refractivity contribution in [3.05, 3.63) is 59.7 Å². The fraction of sp³-hybridized carbons (Fsp3) is 0.333. The number of hydrogen-bond acceptors (Lipinski definition) is 5. The van der Waals surface area contributed by atoms with Crippen molar-refractivity contribution in [3.63, 3.8) is 0 Å². The van der Waals surface area contributed by atoms with Crippen LogP contribution in [-0.2, 0) is 14.8 Å². The van der Waals surface area contributed by atoms with Crippen LogP contribution in [0.15, 0.2) is 53.4 Å². The van der Waals surface area contributed by atoms with E-state index in [1.165, 1.54) is 35.5 Å². The molecule has 0 aliphatic carbocycles. The van der Waals surface area contributed by atoms with E-state index in [2.05, 4.69) is 5.32 Å². The van der Waals surface area contributed by atoms with Gasteiger partial charge in [-0.3, -0.25) is 9.59 Å². The lowest BCUT2D eigenvalue weighted by Crippen LogP contribution is -2.48. The van der Waals surface area contributed by atoms with Gasteiger partial charge in [-0.05, 0) is 57.2 Å². The Labute approximate surface area is 170 Å². The molecule has 7 nitrogen and oxygen atoms in total. The molecule has 2 aromatic carbocycles. The van der Waals surface area contributed by atoms with Gasteiger partial charge >= 0.3 is 0 Å². The summed E-state index contributed by atoms with van der Waals surface area (Å²) in [7, 11) is -3.66. The minimum atomic E-state index is -3.66. The fourth-order valence-corrected chi connectivity index (χ4v) is 4.86. The van der Waals surface area contributed by atoms with Gasteiger partial charge in [-0.25, -0.2) is 8.42 Å². The molecule has 3 rings (SSSR count). The van der Waals surface area contributed by atoms with Crippen LogP contribution in [0, 0.1) is 0 Å². The number of anilines is 1. The molecule has 2 atom stereocenters. The average Bonchev–Trinajstić information content (AvgIpc) is 2.67. The van der Waals surface area contributed by atoms with Gasteiger partial charge in [0.1, 0.15) is 0 Å². The molecule has 0 unspecified atom stereocenters. The predicted octanol–water partition coefficient (Wildman–Crippen LogP) is 2.94. The fourth-order valence-electron chi connectivity index (χ4n) is 3.27. The van der Waals surface area contributed by atoms with E-state index in [0.29, 0.717) is 29.9 Å². The second kappa shape index (κ2) is 8.44. The molecular weight excluding hydrogens is 392 g/mol. The molecule has 1 aliphatic heterocycles. The summed E-state index contributed by atoms with van der Waals surface area (Å²) in [5.74, 6) is -0.481. The highest BCUT2D eigenvalue weighted by Gasteiger charge is 2.32. The van der Waals surface area contributed by atoms with Gasteiger partial charge in [0.25, 0.3) is 5.91 Å². The Morgan fingerprint density at radius 2 is 1.62 bits per heavy atom. The third kappa shape index (κ3) is 4.90. The van der Waals surface area contributed by atoms with Crippen molar-refractivity contribution in [2.45, 2.75) is 37.9 Å². The van der Waals surface area contributed by atoms with Crippen molar-refractivity contribution in [2.75, 3.05) is 18.4 Å². The SMILES string of the molecule is CC(=O)c1cccc(NC(=O)c2ccc(S(=O)(=O)N3C[C@@H](C)O[C@@H](C)C3)cc2)c1. The molecule has 2 aromatic rings. The maximum Gasteiger partial charge on any atom is 0.255 e. The second-order valence-electron chi connectivity index (χ2n) is 7.19. The van der Waals surface area contributed by atoms with E-state index < -0.39 is 10.0 Å². The number of morpholine rings is 1. The number of sulfonamides is 1. The Balaban J connectivity index is 1.75. The van der Waals surface area contributed by atoms with E-state index in [1.54, 1.807) is 24.3 Å². The van der Waals surface area contributed by atoms with Crippen molar-refractivity contribution in [2.24, 2.45) is 0 Å². The lowest BCUT2D eigenvalue weighted by Gasteiger charge is -2.34. The Morgan fingerprint density at radius 1 is 1.00 bits per heavy atom. The largest absolute Gasteiger partial charge is 0.373 e. The van der Waals surface area contributed by atoms with Crippen molar-refractivity contribution in [3.8, 4) is 0 Å². The number of benzene rings is 2. The molecule has 0 saturated carbocycles. The third-order valence-electron chi connectivity index (χ3n) is 4.67. The molecule has 154 valence electrons. The molecule has 0 aromatic heterocycles. The minimum absolute atomic E-state index is 0.0950. The highest BCUT2D eigenvalue weighted by molar-refractivity contribution is 7.89. The molecule has 29 heavy (non-hydrogen) atoms. The lowest BCUT2D eigenvalue weighted by atomic mass is 10.1. The van der Waals surface area contributed by atoms with E-state index in [1.807, 2.05) is 13.8 Å². The van der Waals surface area contributed by atoms with E-state index in [4.69, 9.17) is 4.74 Å². The van der Waals surface area contributed by atoms with Gasteiger partial charge in [0.05, 0.1) is 17.1 Å². The van der Waals surface area contributed by atoms with E-state index in [0.717, 1.165) is 0 Å². The summed E-state index contributed by atoms with van der Waals surface area (Å²) in [5, 5.41) is 2.72. The van der Waals surface area contributed by atoms with Crippen molar-refractivity contribution < 1.29 is 22.7 Å². The van der Waals surface area contributed by atoms with Crippen LogP contribution in [0.3, 0.4) is 0 Å². The van der Waals surface area contributed by atoms with Crippen molar-refractivity contribution in [1.82, 2.24) is 4.31 Å². The molecule has 1 N–H and O–H groups in total. The number of carbonyl (C=O) groups excluding carboxylic acids is 2. The van der Waals surface area contributed by atoms with Crippen LogP contribution in [-0.4, -0.2) is 49.7 Å². The molecule has 0 radical (unpaired) electrons. The van der Waals surface area contributed by atoms with Crippen LogP contribution in [0.4, 0.5) is 5.69 Å². The molecule has 1 saturated heterocycles. The lowest BCUT2D eigenvalue weighted by molar-refractivity contribution is -0.0440. The monoisotopic (exact) mass is 416 g/mol. The van der Waals surface area contributed by atoms with Crippen molar-refractivity contribution >= 4 is 27.4 Å². The summed E-state index contributed by atoms with van der Waals surface area (Å²) in [5.41, 5.74) is 1.31. The highest BCUT2D eigenvalue weighted by atomic mass is 32.2. The number of Topliss-reactive ketones (excluding diaryl/α,β-unsaturated/α-hetero) is 1. The molecule has 1 fully saturated rings. The Hall–Kier alpha value is -2.55. The molecule has 0 bridgehead atoms. The quantitative estimate of drug-likeness (QED) is 0.757. The number of rotatable bonds is 5. The number of carbonyl (C=O) groups is 2. The maximum atomic E-state index is 12.9. The maximum absolute atomic E-state index is 12.9. The van der Waals surface area contributed by atoms with Gasteiger partial charge in [0.15, 0.2) is 5.78 Å². The van der Waals surface area contributed by atoms with Crippen LogP contribution in [0.1, 0.15) is 41.5 Å². The predicted molar refractivity (Wildman–Crippen MR) is 110 cm³/mol. The van der Waals surface area contributed by atoms with Gasteiger partial charge < -0.3 is 10.1 Å². The first-order valence-corrected chi connectivity index (χ1v) is 10.8. The highest BCUT2D eigenvalue weighted by Crippen LogP contribution is 2.22. The molecule has 8 heteroatoms. The minimum Gasteiger partial charge on any atom is -0.373 e. The Kier molecular flexibility index (Phi) is 6.16. The Bertz CT molecular complexity index is 1010. The summed E-state index contributed by atoms with van der Waals surface area (Å²) in [6.45, 7) is 5.72. The number of nitrogens with zero attached hydrogens (tertiary/aromatic N) is 1. The van der Waals surface area contributed by atoms with Crippen LogP contribution in [0.2, 0.25) is 0 Å². The molecular formula is C21H24N2O5S. The van der Waals surface area contributed by atoms with Crippen LogP contribution in [0.5, 0.6) is 0 Å². The topological polar surface area (TPSA) is 92.8 Å². The summed E-state index contributed by atoms with van der Waals surface area (Å²) in [6, 6.07) is 12.5. The number of hydrogen-bond donors (Lipinski definition) is 1. The van der Waals surface area contributed by atoms with E-state index in [9.17, 15) is 18.0 Å². The molecule has 1 amide bonds. The first kappa shape index (κ1) is 21.2. The van der Waals surface area contributed by atoms with Crippen LogP contribution < -0.4 is 5.32 Å². The number of amides is 1. The first-order chi connectivity index (χ1) is 13.7. The van der Waals surface area contributed by atoms with Gasteiger partial charge in [0.2, 0.25) is 10.0 Å². The normalized spacial score (nSPS) is 20.2. The summed E-state index contributed by atoms with van der Waals surface area (Å²) in [4.78, 5) is 24.1. The Morgan fingerprint density at radius 3 is 2.21 bits per heavy atom. The van der Waals surface area contributed by atoms with Gasteiger partial charge in [0, 0.05) is 29.9 Å². The van der Waals surface area contributed by atoms with E-state index in [-0.39, 0.29) is 28.8 Å². The van der Waals surface area contributed by atoms with Crippen LogP contribution >= 0.6 is 0 Å². The summed E-state index contributed by atoms with van der Waals surface area (Å²) < 4.78 is 32.8. The number of ketones is 1. The zero-order valence-corrected chi connectivity index (χ0v) is 17.4. The second-order valence-corrected chi connectivity index (χ2v) is 9.13. The van der Waals surface area contributed by atoms with Crippen molar-refractivity contribution in [1.29, 1.82) is 0 Å². The summed E-state index contributed by atoms with van der Waals surface area (Å²) >= 11 is 0. The average molecular weight is 416 g/mol. The molecule has 0 spiro atoms. The van der Waals surface area contributed by atoms with Gasteiger partial charge in [-0.2, -0.15) is 4.31 Å². The first-order valence-electron chi connectivity index (χ1n) is 9.35. The molecule has 1 heterocycles. The van der Waals surface area contributed by atoms with Gasteiger partial charge in [-0.15, -0.1) is 0 Å². The summed E-state index contributed by atoms with van der Waals surface area (Å²) in [6.07, 6.45) is -0.353. The number of ether oxygens (including phenoxy) is 1. The smallest absolute Gasteiger partial charge is 0.255 e.